The predicted molar refractivity (Wildman–Crippen MR) is 160 cm³/mol. The van der Waals surface area contributed by atoms with Crippen LogP contribution in [0.25, 0.3) is 0 Å². The minimum atomic E-state index is -5.10. The van der Waals surface area contributed by atoms with Crippen molar-refractivity contribution in [1.29, 1.82) is 0 Å². The van der Waals surface area contributed by atoms with E-state index in [-0.39, 0.29) is 68.9 Å². The Morgan fingerprint density at radius 2 is 1.20 bits per heavy atom. The van der Waals surface area contributed by atoms with Crippen LogP contribution in [0.3, 0.4) is 0 Å². The molecule has 252 valence electrons. The Bertz CT molecular complexity index is 1480. The first-order chi connectivity index (χ1) is 21.4. The standard InChI is InChI=1S/C27H35N3O14P2/c31-21-5-1-17(3-7-23(33)28-27(45(40)41)46(42,43)44)11-19(21)13-29(15-25(36)37)9-10-30(16-26(38)39)14-20-12-18(2-6-22(20)32)4-8-24(34)35/h1-2,5-6,11-12,27H,3-4,7-10,13-16H2,(H8-,28,31,32,33,34,35,36,37,38,39,40,41,42,43,44)/p+1. The van der Waals surface area contributed by atoms with Crippen molar-refractivity contribution in [1.82, 2.24) is 15.1 Å². The van der Waals surface area contributed by atoms with Crippen LogP contribution in [0.1, 0.15) is 35.1 Å². The fraction of sp³-hybridized carbons (Fsp3) is 0.407. The van der Waals surface area contributed by atoms with Gasteiger partial charge in [-0.15, -0.1) is 0 Å². The third-order valence-electron chi connectivity index (χ3n) is 6.61. The van der Waals surface area contributed by atoms with Crippen LogP contribution in [0.2, 0.25) is 0 Å². The number of carboxylic acid groups (broad SMARTS) is 3. The quantitative estimate of drug-likeness (QED) is 0.0871. The van der Waals surface area contributed by atoms with Crippen molar-refractivity contribution >= 4 is 39.4 Å². The third-order valence-corrected chi connectivity index (χ3v) is 9.42. The molecule has 0 aliphatic carbocycles. The van der Waals surface area contributed by atoms with Crippen LogP contribution in [-0.2, 0) is 54.2 Å². The molecule has 1 amide bonds. The van der Waals surface area contributed by atoms with Crippen LogP contribution >= 0.6 is 15.6 Å². The molecule has 2 rings (SSSR count). The smallest absolute Gasteiger partial charge is 0.508 e. The number of rotatable bonds is 20. The number of carbonyl (C=O) groups is 4. The van der Waals surface area contributed by atoms with Crippen LogP contribution in [0.5, 0.6) is 11.5 Å². The second-order valence-corrected chi connectivity index (χ2v) is 13.6. The van der Waals surface area contributed by atoms with Crippen LogP contribution in [0.15, 0.2) is 36.4 Å². The van der Waals surface area contributed by atoms with Crippen LogP contribution in [0.4, 0.5) is 0 Å². The number of nitrogens with zero attached hydrogens (tertiary/aromatic N) is 2. The van der Waals surface area contributed by atoms with Crippen LogP contribution in [0, 0.1) is 0 Å². The number of benzene rings is 2. The number of amides is 1. The molecular weight excluding hydrogens is 652 g/mol. The molecule has 0 fully saturated rings. The lowest BCUT2D eigenvalue weighted by atomic mass is 10.0. The average molecular weight is 689 g/mol. The van der Waals surface area contributed by atoms with Crippen molar-refractivity contribution in [3.63, 3.8) is 0 Å². The minimum Gasteiger partial charge on any atom is -0.508 e. The third kappa shape index (κ3) is 13.6. The predicted octanol–water partition coefficient (Wildman–Crippen LogP) is 0.833. The van der Waals surface area contributed by atoms with Gasteiger partial charge in [-0.2, -0.15) is 4.89 Å². The Balaban J connectivity index is 2.15. The van der Waals surface area contributed by atoms with Gasteiger partial charge in [0.2, 0.25) is 5.91 Å². The lowest BCUT2D eigenvalue weighted by Crippen LogP contribution is -2.39. The minimum absolute atomic E-state index is 0.00442. The second kappa shape index (κ2) is 17.7. The van der Waals surface area contributed by atoms with Gasteiger partial charge in [0.15, 0.2) is 0 Å². The van der Waals surface area contributed by atoms with E-state index in [1.807, 2.05) is 5.32 Å². The van der Waals surface area contributed by atoms with Crippen molar-refractivity contribution in [3.8, 4) is 11.5 Å². The number of aryl methyl sites for hydroxylation is 2. The number of hydrogen-bond donors (Lipinski definition) is 9. The number of aliphatic carboxylic acids is 3. The van der Waals surface area contributed by atoms with Crippen molar-refractivity contribution in [2.45, 2.75) is 44.3 Å². The van der Waals surface area contributed by atoms with Crippen molar-refractivity contribution in [2.75, 3.05) is 26.2 Å². The fourth-order valence-electron chi connectivity index (χ4n) is 4.41. The zero-order chi connectivity index (χ0) is 34.6. The van der Waals surface area contributed by atoms with Gasteiger partial charge in [-0.1, -0.05) is 24.3 Å². The highest BCUT2D eigenvalue weighted by Crippen LogP contribution is 2.49. The SMILES string of the molecule is O=C(O)CCc1ccc(O)c(CN(CCN(CC(=O)O)Cc2cc(CCC(=O)NC([P+](=O)O)P(=O)(O)O)ccc2O)CC(=O)O)c1. The molecule has 0 aliphatic heterocycles. The Kier molecular flexibility index (Phi) is 14.7. The first-order valence-electron chi connectivity index (χ1n) is 13.7. The lowest BCUT2D eigenvalue weighted by molar-refractivity contribution is -0.140. The van der Waals surface area contributed by atoms with Crippen molar-refractivity contribution in [3.05, 3.63) is 58.7 Å². The summed E-state index contributed by atoms with van der Waals surface area (Å²) in [5, 5.41) is 50.5. The Morgan fingerprint density at radius 1 is 0.761 bits per heavy atom. The molecule has 2 aromatic carbocycles. The van der Waals surface area contributed by atoms with Gasteiger partial charge in [0.05, 0.1) is 13.1 Å². The number of nitrogens with one attached hydrogen (secondary N) is 1. The zero-order valence-corrected chi connectivity index (χ0v) is 26.2. The summed E-state index contributed by atoms with van der Waals surface area (Å²) in [4.78, 5) is 76.6. The normalized spacial score (nSPS) is 12.6. The molecule has 0 heterocycles. The summed E-state index contributed by atoms with van der Waals surface area (Å²) in [6.45, 7) is -1.08. The summed E-state index contributed by atoms with van der Waals surface area (Å²) in [6, 6.07) is 8.77. The Labute approximate surface area is 263 Å². The van der Waals surface area contributed by atoms with Gasteiger partial charge in [-0.3, -0.25) is 38.9 Å². The second-order valence-electron chi connectivity index (χ2n) is 10.4. The average Bonchev–Trinajstić information content (AvgIpc) is 2.93. The van der Waals surface area contributed by atoms with Gasteiger partial charge in [0.25, 0.3) is 0 Å². The zero-order valence-electron chi connectivity index (χ0n) is 24.4. The maximum atomic E-state index is 12.2. The molecule has 2 unspecified atom stereocenters. The molecule has 0 aromatic heterocycles. The number of hydrogen-bond acceptors (Lipinski definition) is 10. The summed E-state index contributed by atoms with van der Waals surface area (Å²) in [6.07, 6.45) is -0.288. The monoisotopic (exact) mass is 688 g/mol. The highest BCUT2D eigenvalue weighted by atomic mass is 31.2. The van der Waals surface area contributed by atoms with E-state index in [0.29, 0.717) is 16.7 Å². The molecule has 0 radical (unpaired) electrons. The van der Waals surface area contributed by atoms with E-state index in [1.54, 1.807) is 12.1 Å². The van der Waals surface area contributed by atoms with E-state index in [2.05, 4.69) is 0 Å². The van der Waals surface area contributed by atoms with E-state index in [1.165, 1.54) is 34.1 Å². The number of phenols is 2. The highest BCUT2D eigenvalue weighted by Gasteiger charge is 2.46. The number of aromatic hydroxyl groups is 2. The maximum absolute atomic E-state index is 12.2. The van der Waals surface area contributed by atoms with E-state index in [4.69, 9.17) is 19.8 Å². The summed E-state index contributed by atoms with van der Waals surface area (Å²) in [5.74, 6) is -4.63. The van der Waals surface area contributed by atoms with Gasteiger partial charge in [0, 0.05) is 50.1 Å². The van der Waals surface area contributed by atoms with E-state index < -0.39 is 58.1 Å². The van der Waals surface area contributed by atoms with E-state index in [9.17, 15) is 48.7 Å². The molecule has 46 heavy (non-hydrogen) atoms. The van der Waals surface area contributed by atoms with Crippen molar-refractivity contribution in [2.24, 2.45) is 0 Å². The van der Waals surface area contributed by atoms with Crippen molar-refractivity contribution < 1.29 is 68.5 Å². The summed E-state index contributed by atoms with van der Waals surface area (Å²) in [7, 11) is -8.51. The molecule has 19 heteroatoms. The van der Waals surface area contributed by atoms with E-state index >= 15 is 0 Å². The summed E-state index contributed by atoms with van der Waals surface area (Å²) < 4.78 is 22.6. The molecule has 2 atom stereocenters. The first kappa shape index (κ1) is 38.2. The molecule has 0 aliphatic rings. The van der Waals surface area contributed by atoms with Gasteiger partial charge < -0.3 is 35.3 Å². The topological polar surface area (TPSA) is 283 Å². The van der Waals surface area contributed by atoms with Gasteiger partial charge in [-0.05, 0) is 40.7 Å². The highest BCUT2D eigenvalue weighted by molar-refractivity contribution is 7.65. The molecular formula is C27H36N3O14P2+. The molecule has 2 aromatic rings. The summed E-state index contributed by atoms with van der Waals surface area (Å²) in [5.41, 5.74) is -0.553. The largest absolute Gasteiger partial charge is 0.544 e. The lowest BCUT2D eigenvalue weighted by Gasteiger charge is -2.26. The Hall–Kier alpha value is -3.95. The molecule has 0 saturated heterocycles. The molecule has 17 nitrogen and oxygen atoms in total. The fourth-order valence-corrected chi connectivity index (χ4v) is 6.01. The van der Waals surface area contributed by atoms with Crippen LogP contribution < -0.4 is 5.32 Å². The van der Waals surface area contributed by atoms with Gasteiger partial charge >= 0.3 is 39.1 Å². The maximum Gasteiger partial charge on any atom is 0.544 e. The van der Waals surface area contributed by atoms with E-state index in [0.717, 1.165) is 0 Å². The summed E-state index contributed by atoms with van der Waals surface area (Å²) >= 11 is 0. The molecule has 0 saturated carbocycles. The van der Waals surface area contributed by atoms with Crippen LogP contribution in [-0.4, -0.2) is 106 Å². The molecule has 9 N–H and O–H groups in total. The Morgan fingerprint density at radius 3 is 1.57 bits per heavy atom. The first-order valence-corrected chi connectivity index (χ1v) is 16.6. The molecule has 0 bridgehead atoms. The van der Waals surface area contributed by atoms with Gasteiger partial charge in [-0.25, -0.2) is 0 Å². The number of carbonyl (C=O) groups excluding carboxylic acids is 1. The number of phenolic OH excluding ortho intramolecular Hbond substituents is 2. The van der Waals surface area contributed by atoms with Gasteiger partial charge in [0.1, 0.15) is 11.5 Å². The number of carboxylic acids is 3. The molecule has 0 spiro atoms.